The fraction of sp³-hybridized carbons (Fsp3) is 0.944. The average Bonchev–Trinajstić information content (AvgIpc) is 2.53. The fourth-order valence-electron chi connectivity index (χ4n) is 3.07. The maximum Gasteiger partial charge on any atom is 0.239 e. The molecule has 21 heavy (non-hydrogen) atoms. The lowest BCUT2D eigenvalue weighted by Crippen LogP contribution is -2.49. The van der Waals surface area contributed by atoms with Crippen molar-refractivity contribution in [2.24, 2.45) is 0 Å². The molecule has 1 rings (SSSR count). The number of hydrogen-bond acceptors (Lipinski definition) is 2. The van der Waals surface area contributed by atoms with E-state index in [0.29, 0.717) is 5.91 Å². The third-order valence-corrected chi connectivity index (χ3v) is 4.48. The van der Waals surface area contributed by atoms with E-state index in [0.717, 1.165) is 26.1 Å². The number of hydrogen-bond donors (Lipinski definition) is 1. The van der Waals surface area contributed by atoms with Gasteiger partial charge in [0.05, 0.1) is 6.04 Å². The molecule has 1 unspecified atom stereocenters. The Morgan fingerprint density at radius 1 is 0.952 bits per heavy atom. The lowest BCUT2D eigenvalue weighted by Gasteiger charge is -2.30. The van der Waals surface area contributed by atoms with Gasteiger partial charge in [0.15, 0.2) is 0 Å². The highest BCUT2D eigenvalue weighted by molar-refractivity contribution is 5.82. The minimum atomic E-state index is 0.0936. The topological polar surface area (TPSA) is 32.3 Å². The van der Waals surface area contributed by atoms with Gasteiger partial charge >= 0.3 is 0 Å². The van der Waals surface area contributed by atoms with Gasteiger partial charge in [-0.3, -0.25) is 4.79 Å². The standard InChI is InChI=1S/C18H36N2O/c1-3-5-7-11-15-20(16-12-8-6-4-2)18(21)17-13-9-10-14-19-17/h17,19H,3-16H2,1-2H3. The molecule has 0 aromatic heterocycles. The van der Waals surface area contributed by atoms with Crippen LogP contribution in [0, 0.1) is 0 Å². The third-order valence-electron chi connectivity index (χ3n) is 4.48. The summed E-state index contributed by atoms with van der Waals surface area (Å²) in [6.45, 7) is 7.40. The Bertz CT molecular complexity index is 250. The second-order valence-corrected chi connectivity index (χ2v) is 6.45. The fourth-order valence-corrected chi connectivity index (χ4v) is 3.07. The summed E-state index contributed by atoms with van der Waals surface area (Å²) >= 11 is 0. The zero-order valence-corrected chi connectivity index (χ0v) is 14.3. The monoisotopic (exact) mass is 296 g/mol. The Hall–Kier alpha value is -0.570. The Morgan fingerprint density at radius 2 is 1.57 bits per heavy atom. The second kappa shape index (κ2) is 12.0. The van der Waals surface area contributed by atoms with Crippen LogP contribution in [0.4, 0.5) is 0 Å². The summed E-state index contributed by atoms with van der Waals surface area (Å²) in [4.78, 5) is 14.8. The largest absolute Gasteiger partial charge is 0.341 e. The Balaban J connectivity index is 2.38. The summed E-state index contributed by atoms with van der Waals surface area (Å²) in [6.07, 6.45) is 13.4. The van der Waals surface area contributed by atoms with E-state index in [4.69, 9.17) is 0 Å². The summed E-state index contributed by atoms with van der Waals surface area (Å²) in [6, 6.07) is 0.0936. The second-order valence-electron chi connectivity index (χ2n) is 6.45. The molecular formula is C18H36N2O. The van der Waals surface area contributed by atoms with Gasteiger partial charge in [-0.15, -0.1) is 0 Å². The highest BCUT2D eigenvalue weighted by atomic mass is 16.2. The van der Waals surface area contributed by atoms with Crippen LogP contribution in [0.5, 0.6) is 0 Å². The van der Waals surface area contributed by atoms with Crippen molar-refractivity contribution in [1.82, 2.24) is 10.2 Å². The van der Waals surface area contributed by atoms with Crippen molar-refractivity contribution in [3.63, 3.8) is 0 Å². The maximum absolute atomic E-state index is 12.7. The molecule has 0 radical (unpaired) electrons. The van der Waals surface area contributed by atoms with Crippen LogP contribution < -0.4 is 5.32 Å². The molecule has 3 heteroatoms. The molecule has 3 nitrogen and oxygen atoms in total. The van der Waals surface area contributed by atoms with E-state index in [9.17, 15) is 4.79 Å². The van der Waals surface area contributed by atoms with Gasteiger partial charge < -0.3 is 10.2 Å². The summed E-state index contributed by atoms with van der Waals surface area (Å²) in [5.74, 6) is 0.364. The summed E-state index contributed by atoms with van der Waals surface area (Å²) in [7, 11) is 0. The molecule has 0 aromatic rings. The van der Waals surface area contributed by atoms with Crippen LogP contribution in [-0.2, 0) is 4.79 Å². The van der Waals surface area contributed by atoms with Crippen LogP contribution in [0.3, 0.4) is 0 Å². The normalized spacial score (nSPS) is 18.7. The third kappa shape index (κ3) is 7.85. The van der Waals surface area contributed by atoms with E-state index in [2.05, 4.69) is 24.1 Å². The number of nitrogens with zero attached hydrogens (tertiary/aromatic N) is 1. The van der Waals surface area contributed by atoms with Crippen molar-refractivity contribution in [2.45, 2.75) is 90.5 Å². The zero-order chi connectivity index (χ0) is 15.3. The highest BCUT2D eigenvalue weighted by Crippen LogP contribution is 2.12. The molecule has 0 aromatic carbocycles. The van der Waals surface area contributed by atoms with Crippen molar-refractivity contribution < 1.29 is 4.79 Å². The van der Waals surface area contributed by atoms with Crippen LogP contribution in [0.15, 0.2) is 0 Å². The van der Waals surface area contributed by atoms with E-state index in [1.54, 1.807) is 0 Å². The van der Waals surface area contributed by atoms with E-state index >= 15 is 0 Å². The number of amides is 1. The van der Waals surface area contributed by atoms with E-state index in [-0.39, 0.29) is 6.04 Å². The maximum atomic E-state index is 12.7. The molecule has 1 fully saturated rings. The van der Waals surface area contributed by atoms with Gasteiger partial charge in [-0.2, -0.15) is 0 Å². The van der Waals surface area contributed by atoms with Crippen molar-refractivity contribution in [3.05, 3.63) is 0 Å². The molecule has 1 heterocycles. The first-order valence-electron chi connectivity index (χ1n) is 9.31. The number of nitrogens with one attached hydrogen (secondary N) is 1. The molecule has 0 spiro atoms. The quantitative estimate of drug-likeness (QED) is 0.582. The van der Waals surface area contributed by atoms with Crippen molar-refractivity contribution >= 4 is 5.91 Å². The molecule has 0 aliphatic carbocycles. The number of piperidine rings is 1. The average molecular weight is 296 g/mol. The van der Waals surface area contributed by atoms with Gasteiger partial charge in [-0.05, 0) is 32.2 Å². The smallest absolute Gasteiger partial charge is 0.239 e. The Morgan fingerprint density at radius 3 is 2.05 bits per heavy atom. The number of unbranched alkanes of at least 4 members (excludes halogenated alkanes) is 6. The summed E-state index contributed by atoms with van der Waals surface area (Å²) in [5, 5.41) is 3.41. The summed E-state index contributed by atoms with van der Waals surface area (Å²) in [5.41, 5.74) is 0. The van der Waals surface area contributed by atoms with E-state index in [1.807, 2.05) is 0 Å². The first kappa shape index (κ1) is 18.5. The van der Waals surface area contributed by atoms with Crippen molar-refractivity contribution in [3.8, 4) is 0 Å². The first-order valence-corrected chi connectivity index (χ1v) is 9.31. The molecule has 1 N–H and O–H groups in total. The van der Waals surface area contributed by atoms with Crippen LogP contribution in [0.25, 0.3) is 0 Å². The number of carbonyl (C=O) groups is 1. The lowest BCUT2D eigenvalue weighted by molar-refractivity contribution is -0.134. The van der Waals surface area contributed by atoms with Gasteiger partial charge in [0.2, 0.25) is 5.91 Å². The molecular weight excluding hydrogens is 260 g/mol. The van der Waals surface area contributed by atoms with E-state index < -0.39 is 0 Å². The van der Waals surface area contributed by atoms with Gasteiger partial charge in [0.1, 0.15) is 0 Å². The zero-order valence-electron chi connectivity index (χ0n) is 14.3. The molecule has 0 bridgehead atoms. The molecule has 1 atom stereocenters. The Kier molecular flexibility index (Phi) is 10.6. The SMILES string of the molecule is CCCCCCN(CCCCCC)C(=O)C1CCCCN1. The number of rotatable bonds is 11. The molecule has 1 aliphatic heterocycles. The first-order chi connectivity index (χ1) is 10.3. The van der Waals surface area contributed by atoms with Gasteiger partial charge in [0.25, 0.3) is 0 Å². The van der Waals surface area contributed by atoms with Gasteiger partial charge in [-0.1, -0.05) is 58.8 Å². The van der Waals surface area contributed by atoms with Crippen LogP contribution in [0.1, 0.15) is 84.5 Å². The minimum absolute atomic E-state index is 0.0936. The predicted octanol–water partition coefficient (Wildman–Crippen LogP) is 4.12. The van der Waals surface area contributed by atoms with Crippen LogP contribution in [-0.4, -0.2) is 36.5 Å². The minimum Gasteiger partial charge on any atom is -0.341 e. The van der Waals surface area contributed by atoms with Gasteiger partial charge in [-0.25, -0.2) is 0 Å². The molecule has 124 valence electrons. The lowest BCUT2D eigenvalue weighted by atomic mass is 10.0. The van der Waals surface area contributed by atoms with E-state index in [1.165, 1.54) is 64.2 Å². The molecule has 1 aliphatic rings. The van der Waals surface area contributed by atoms with Gasteiger partial charge in [0, 0.05) is 13.1 Å². The Labute approximate surface area is 131 Å². The highest BCUT2D eigenvalue weighted by Gasteiger charge is 2.24. The van der Waals surface area contributed by atoms with Crippen molar-refractivity contribution in [2.75, 3.05) is 19.6 Å². The summed E-state index contributed by atoms with van der Waals surface area (Å²) < 4.78 is 0. The van der Waals surface area contributed by atoms with Crippen LogP contribution >= 0.6 is 0 Å². The molecule has 1 amide bonds. The molecule has 1 saturated heterocycles. The number of carbonyl (C=O) groups excluding carboxylic acids is 1. The predicted molar refractivity (Wildman–Crippen MR) is 90.5 cm³/mol. The molecule has 0 saturated carbocycles. The van der Waals surface area contributed by atoms with Crippen molar-refractivity contribution in [1.29, 1.82) is 0 Å². The van der Waals surface area contributed by atoms with Crippen LogP contribution in [0.2, 0.25) is 0 Å².